The van der Waals surface area contributed by atoms with Crippen LogP contribution in [0.2, 0.25) is 0 Å². The maximum Gasteiger partial charge on any atom is 0.246 e. The summed E-state index contributed by atoms with van der Waals surface area (Å²) < 4.78 is 39.9. The Labute approximate surface area is 111 Å². The van der Waals surface area contributed by atoms with Crippen molar-refractivity contribution in [2.24, 2.45) is 0 Å². The standard InChI is InChI=1S/C12H14FN3O2S/c1-9-8-15-4-5-16(9)19(17,18)12-3-2-10(7-14)6-11(12)13/h2-3,6,9,15H,4-5,8H2,1H3/t9-/m0/s1. The Hall–Kier alpha value is -1.49. The molecule has 7 heteroatoms. The van der Waals surface area contributed by atoms with Crippen molar-refractivity contribution < 1.29 is 12.8 Å². The van der Waals surface area contributed by atoms with Crippen LogP contribution < -0.4 is 5.32 Å². The lowest BCUT2D eigenvalue weighted by Crippen LogP contribution is -2.52. The van der Waals surface area contributed by atoms with Crippen molar-refractivity contribution in [2.45, 2.75) is 17.9 Å². The van der Waals surface area contributed by atoms with Crippen LogP contribution in [0.5, 0.6) is 0 Å². The lowest BCUT2D eigenvalue weighted by molar-refractivity contribution is 0.283. The van der Waals surface area contributed by atoms with Gasteiger partial charge < -0.3 is 5.32 Å². The minimum atomic E-state index is -3.86. The summed E-state index contributed by atoms with van der Waals surface area (Å²) in [4.78, 5) is -0.375. The Morgan fingerprint density at radius 3 is 2.84 bits per heavy atom. The highest BCUT2D eigenvalue weighted by Gasteiger charge is 2.32. The molecule has 0 amide bonds. The molecule has 1 fully saturated rings. The molecular formula is C12H14FN3O2S. The minimum absolute atomic E-state index is 0.102. The Balaban J connectivity index is 2.42. The van der Waals surface area contributed by atoms with Crippen LogP contribution in [0.4, 0.5) is 4.39 Å². The quantitative estimate of drug-likeness (QED) is 0.866. The van der Waals surface area contributed by atoms with E-state index < -0.39 is 15.8 Å². The molecule has 0 spiro atoms. The van der Waals surface area contributed by atoms with Crippen molar-refractivity contribution in [1.29, 1.82) is 5.26 Å². The lowest BCUT2D eigenvalue weighted by atomic mass is 10.2. The van der Waals surface area contributed by atoms with Crippen LogP contribution in [-0.2, 0) is 10.0 Å². The zero-order chi connectivity index (χ0) is 14.0. The van der Waals surface area contributed by atoms with Gasteiger partial charge in [-0.25, -0.2) is 12.8 Å². The zero-order valence-corrected chi connectivity index (χ0v) is 11.2. The molecule has 1 aromatic rings. The molecule has 5 nitrogen and oxygen atoms in total. The second-order valence-electron chi connectivity index (χ2n) is 4.43. The molecule has 2 rings (SSSR count). The fourth-order valence-corrected chi connectivity index (χ4v) is 3.76. The van der Waals surface area contributed by atoms with Gasteiger partial charge in [-0.1, -0.05) is 0 Å². The van der Waals surface area contributed by atoms with E-state index in [0.717, 1.165) is 12.1 Å². The summed E-state index contributed by atoms with van der Waals surface area (Å²) in [6.07, 6.45) is 0. The Morgan fingerprint density at radius 1 is 1.53 bits per heavy atom. The fourth-order valence-electron chi connectivity index (χ4n) is 2.09. The first-order valence-corrected chi connectivity index (χ1v) is 7.33. The average molecular weight is 283 g/mol. The van der Waals surface area contributed by atoms with E-state index in [1.165, 1.54) is 10.4 Å². The van der Waals surface area contributed by atoms with Crippen molar-refractivity contribution in [1.82, 2.24) is 9.62 Å². The molecule has 1 aromatic carbocycles. The van der Waals surface area contributed by atoms with Gasteiger partial charge in [-0.2, -0.15) is 9.57 Å². The SMILES string of the molecule is C[C@H]1CNCCN1S(=O)(=O)c1ccc(C#N)cc1F. The van der Waals surface area contributed by atoms with Crippen molar-refractivity contribution in [3.8, 4) is 6.07 Å². The summed E-state index contributed by atoms with van der Waals surface area (Å²) >= 11 is 0. The van der Waals surface area contributed by atoms with Gasteiger partial charge in [0.25, 0.3) is 0 Å². The first kappa shape index (κ1) is 13.9. The van der Waals surface area contributed by atoms with Crippen LogP contribution in [0.1, 0.15) is 12.5 Å². The topological polar surface area (TPSA) is 73.2 Å². The van der Waals surface area contributed by atoms with E-state index in [2.05, 4.69) is 5.32 Å². The summed E-state index contributed by atoms with van der Waals surface area (Å²) in [5.41, 5.74) is 0.102. The summed E-state index contributed by atoms with van der Waals surface area (Å²) in [7, 11) is -3.86. The highest BCUT2D eigenvalue weighted by Crippen LogP contribution is 2.22. The minimum Gasteiger partial charge on any atom is -0.314 e. The number of benzene rings is 1. The van der Waals surface area contributed by atoms with E-state index in [0.29, 0.717) is 19.6 Å². The third-order valence-electron chi connectivity index (χ3n) is 3.09. The van der Waals surface area contributed by atoms with Crippen LogP contribution in [0.3, 0.4) is 0 Å². The first-order chi connectivity index (χ1) is 8.96. The molecule has 1 aliphatic rings. The molecule has 0 aromatic heterocycles. The van der Waals surface area contributed by atoms with E-state index in [1.807, 2.05) is 0 Å². The molecule has 0 saturated carbocycles. The van der Waals surface area contributed by atoms with Crippen molar-refractivity contribution in [3.63, 3.8) is 0 Å². The summed E-state index contributed by atoms with van der Waals surface area (Å²) in [6, 6.07) is 4.95. The van der Waals surface area contributed by atoms with Gasteiger partial charge in [-0.15, -0.1) is 0 Å². The zero-order valence-electron chi connectivity index (χ0n) is 10.4. The van der Waals surface area contributed by atoms with Gasteiger partial charge in [0.2, 0.25) is 10.0 Å². The molecule has 1 heterocycles. The Kier molecular flexibility index (Phi) is 3.85. The number of rotatable bonds is 2. The van der Waals surface area contributed by atoms with Gasteiger partial charge in [0.15, 0.2) is 0 Å². The number of nitriles is 1. The Morgan fingerprint density at radius 2 is 2.26 bits per heavy atom. The normalized spacial score (nSPS) is 21.0. The van der Waals surface area contributed by atoms with E-state index in [1.54, 1.807) is 13.0 Å². The van der Waals surface area contributed by atoms with Gasteiger partial charge in [0.05, 0.1) is 11.6 Å². The van der Waals surface area contributed by atoms with Crippen LogP contribution in [0, 0.1) is 17.1 Å². The van der Waals surface area contributed by atoms with Gasteiger partial charge in [-0.3, -0.25) is 0 Å². The number of piperazine rings is 1. The molecule has 1 N–H and O–H groups in total. The number of sulfonamides is 1. The average Bonchev–Trinajstić information content (AvgIpc) is 2.38. The fraction of sp³-hybridized carbons (Fsp3) is 0.417. The highest BCUT2D eigenvalue weighted by atomic mass is 32.2. The molecule has 0 bridgehead atoms. The van der Waals surface area contributed by atoms with Crippen LogP contribution in [0.25, 0.3) is 0 Å². The van der Waals surface area contributed by atoms with E-state index in [-0.39, 0.29) is 16.5 Å². The van der Waals surface area contributed by atoms with Crippen LogP contribution in [-0.4, -0.2) is 38.4 Å². The highest BCUT2D eigenvalue weighted by molar-refractivity contribution is 7.89. The smallest absolute Gasteiger partial charge is 0.246 e. The van der Waals surface area contributed by atoms with Crippen molar-refractivity contribution >= 4 is 10.0 Å². The van der Waals surface area contributed by atoms with Gasteiger partial charge >= 0.3 is 0 Å². The number of nitrogens with one attached hydrogen (secondary N) is 1. The largest absolute Gasteiger partial charge is 0.314 e. The van der Waals surface area contributed by atoms with Crippen LogP contribution in [0.15, 0.2) is 23.1 Å². The summed E-state index contributed by atoms with van der Waals surface area (Å²) in [6.45, 7) is 3.16. The first-order valence-electron chi connectivity index (χ1n) is 5.89. The molecule has 0 aliphatic carbocycles. The predicted octanol–water partition coefficient (Wildman–Crippen LogP) is 0.680. The third kappa shape index (κ3) is 2.61. The van der Waals surface area contributed by atoms with Crippen molar-refractivity contribution in [3.05, 3.63) is 29.6 Å². The summed E-state index contributed by atoms with van der Waals surface area (Å²) in [5.74, 6) is -0.884. The molecule has 102 valence electrons. The lowest BCUT2D eigenvalue weighted by Gasteiger charge is -2.32. The molecule has 0 radical (unpaired) electrons. The van der Waals surface area contributed by atoms with Gasteiger partial charge in [0, 0.05) is 25.7 Å². The van der Waals surface area contributed by atoms with Crippen LogP contribution >= 0.6 is 0 Å². The second kappa shape index (κ2) is 5.25. The predicted molar refractivity (Wildman–Crippen MR) is 67.3 cm³/mol. The van der Waals surface area contributed by atoms with E-state index in [4.69, 9.17) is 5.26 Å². The number of hydrogen-bond acceptors (Lipinski definition) is 4. The number of hydrogen-bond donors (Lipinski definition) is 1. The summed E-state index contributed by atoms with van der Waals surface area (Å²) in [5, 5.41) is 11.7. The molecular weight excluding hydrogens is 269 g/mol. The third-order valence-corrected chi connectivity index (χ3v) is 5.13. The van der Waals surface area contributed by atoms with E-state index in [9.17, 15) is 12.8 Å². The molecule has 0 unspecified atom stereocenters. The number of halogens is 1. The Bertz CT molecular complexity index is 624. The maximum atomic E-state index is 13.8. The van der Waals surface area contributed by atoms with Crippen molar-refractivity contribution in [2.75, 3.05) is 19.6 Å². The number of nitrogens with zero attached hydrogens (tertiary/aromatic N) is 2. The van der Waals surface area contributed by atoms with E-state index >= 15 is 0 Å². The monoisotopic (exact) mass is 283 g/mol. The van der Waals surface area contributed by atoms with Gasteiger partial charge in [-0.05, 0) is 25.1 Å². The molecule has 19 heavy (non-hydrogen) atoms. The van der Waals surface area contributed by atoms with Gasteiger partial charge in [0.1, 0.15) is 10.7 Å². The second-order valence-corrected chi connectivity index (χ2v) is 6.28. The maximum absolute atomic E-state index is 13.8. The molecule has 1 saturated heterocycles. The molecule has 1 atom stereocenters. The molecule has 1 aliphatic heterocycles.